The zero-order chi connectivity index (χ0) is 24.1. The Kier molecular flexibility index (Phi) is 3.81. The maximum absolute atomic E-state index is 2.38. The van der Waals surface area contributed by atoms with Crippen molar-refractivity contribution < 1.29 is 0 Å². The molecular weight excluding hydrogens is 464 g/mol. The van der Waals surface area contributed by atoms with Crippen LogP contribution in [0, 0.1) is 0 Å². The van der Waals surface area contributed by atoms with Crippen molar-refractivity contribution in [2.75, 3.05) is 0 Å². The second kappa shape index (κ2) is 7.12. The molecule has 0 aliphatic carbocycles. The summed E-state index contributed by atoms with van der Waals surface area (Å²) >= 11 is 1.91. The summed E-state index contributed by atoms with van der Waals surface area (Å²) in [5.74, 6) is 0. The number of hydrogen-bond acceptors (Lipinski definition) is 1. The van der Waals surface area contributed by atoms with Crippen molar-refractivity contribution in [1.82, 2.24) is 0 Å². The molecule has 1 heterocycles. The number of benzene rings is 8. The lowest BCUT2D eigenvalue weighted by Crippen LogP contribution is -1.94. The molecule has 0 bridgehead atoms. The molecule has 0 aromatic heterocycles. The highest BCUT2D eigenvalue weighted by Crippen LogP contribution is 2.51. The smallest absolute Gasteiger partial charge is 0.0207 e. The molecule has 9 rings (SSSR count). The van der Waals surface area contributed by atoms with Gasteiger partial charge in [0, 0.05) is 20.6 Å². The normalized spacial score (nSPS) is 12.8. The fourth-order valence-electron chi connectivity index (χ4n) is 6.59. The molecule has 0 nitrogen and oxygen atoms in total. The van der Waals surface area contributed by atoms with E-state index in [0.29, 0.717) is 0 Å². The van der Waals surface area contributed by atoms with Gasteiger partial charge in [-0.2, -0.15) is 0 Å². The van der Waals surface area contributed by atoms with E-state index in [9.17, 15) is 0 Å². The second-order valence-electron chi connectivity index (χ2n) is 10.1. The molecule has 170 valence electrons. The Morgan fingerprint density at radius 2 is 1.03 bits per heavy atom. The number of hydrogen-bond donors (Lipinski definition) is 0. The van der Waals surface area contributed by atoms with Gasteiger partial charge in [0.2, 0.25) is 0 Å². The zero-order valence-corrected chi connectivity index (χ0v) is 20.8. The average molecular weight is 485 g/mol. The third-order valence-electron chi connectivity index (χ3n) is 8.19. The molecule has 1 heteroatoms. The van der Waals surface area contributed by atoms with Crippen molar-refractivity contribution in [2.45, 2.75) is 9.79 Å². The van der Waals surface area contributed by atoms with Crippen LogP contribution >= 0.6 is 11.8 Å². The fourth-order valence-corrected chi connectivity index (χ4v) is 7.75. The molecule has 37 heavy (non-hydrogen) atoms. The Hall–Kier alpha value is -4.33. The largest absolute Gasteiger partial charge is 0.0887 e. The quantitative estimate of drug-likeness (QED) is 0.165. The second-order valence-corrected chi connectivity index (χ2v) is 11.2. The van der Waals surface area contributed by atoms with Crippen molar-refractivity contribution in [3.63, 3.8) is 0 Å². The Bertz CT molecular complexity index is 2270. The van der Waals surface area contributed by atoms with E-state index in [4.69, 9.17) is 0 Å². The van der Waals surface area contributed by atoms with Gasteiger partial charge in [0.05, 0.1) is 0 Å². The van der Waals surface area contributed by atoms with Crippen LogP contribution in [-0.2, 0) is 0 Å². The number of rotatable bonds is 1. The van der Waals surface area contributed by atoms with Crippen molar-refractivity contribution in [3.05, 3.63) is 121 Å². The minimum Gasteiger partial charge on any atom is -0.0887 e. The molecule has 1 aliphatic rings. The van der Waals surface area contributed by atoms with E-state index in [-0.39, 0.29) is 0 Å². The van der Waals surface area contributed by atoms with Crippen LogP contribution in [0.25, 0.3) is 75.8 Å². The van der Waals surface area contributed by atoms with Gasteiger partial charge in [0.15, 0.2) is 0 Å². The summed E-state index contributed by atoms with van der Waals surface area (Å²) in [4.78, 5) is 2.71. The molecule has 1 aliphatic heterocycles. The van der Waals surface area contributed by atoms with E-state index in [2.05, 4.69) is 121 Å². The van der Waals surface area contributed by atoms with Crippen LogP contribution in [0.4, 0.5) is 0 Å². The number of fused-ring (bicyclic) bond motifs is 4. The molecule has 8 aromatic rings. The molecule has 0 atom stereocenters. The zero-order valence-electron chi connectivity index (χ0n) is 20.0. The Morgan fingerprint density at radius 1 is 0.351 bits per heavy atom. The van der Waals surface area contributed by atoms with Gasteiger partial charge in [-0.05, 0) is 83.2 Å². The molecule has 0 fully saturated rings. The molecule has 0 radical (unpaired) electrons. The van der Waals surface area contributed by atoms with Gasteiger partial charge in [-0.3, -0.25) is 0 Å². The monoisotopic (exact) mass is 484 g/mol. The van der Waals surface area contributed by atoms with E-state index in [1.807, 2.05) is 11.8 Å². The van der Waals surface area contributed by atoms with Gasteiger partial charge < -0.3 is 0 Å². The van der Waals surface area contributed by atoms with Crippen LogP contribution < -0.4 is 0 Å². The minimum atomic E-state index is 1.28. The first-order valence-electron chi connectivity index (χ1n) is 12.8. The first-order chi connectivity index (χ1) is 18.3. The fraction of sp³-hybridized carbons (Fsp3) is 0. The maximum atomic E-state index is 2.38. The van der Waals surface area contributed by atoms with Crippen molar-refractivity contribution in [3.8, 4) is 11.1 Å². The Labute approximate surface area is 218 Å². The molecule has 0 saturated carbocycles. The Balaban J connectivity index is 1.51. The van der Waals surface area contributed by atoms with Gasteiger partial charge in [-0.25, -0.2) is 0 Å². The maximum Gasteiger partial charge on any atom is 0.0207 e. The van der Waals surface area contributed by atoms with E-state index in [0.717, 1.165) is 0 Å². The molecule has 8 aromatic carbocycles. The van der Waals surface area contributed by atoms with Crippen LogP contribution in [0.3, 0.4) is 0 Å². The lowest BCUT2D eigenvalue weighted by atomic mass is 9.86. The summed E-state index contributed by atoms with van der Waals surface area (Å²) in [6, 6.07) is 45.2. The highest BCUT2D eigenvalue weighted by molar-refractivity contribution is 8.00. The summed E-state index contributed by atoms with van der Waals surface area (Å²) in [6.45, 7) is 0. The van der Waals surface area contributed by atoms with Gasteiger partial charge in [-0.15, -0.1) is 0 Å². The predicted octanol–water partition coefficient (Wildman–Crippen LogP) is 10.7. The lowest BCUT2D eigenvalue weighted by molar-refractivity contribution is 1.48. The summed E-state index contributed by atoms with van der Waals surface area (Å²) in [7, 11) is 0. The predicted molar refractivity (Wildman–Crippen MR) is 161 cm³/mol. The minimum absolute atomic E-state index is 1.28. The summed E-state index contributed by atoms with van der Waals surface area (Å²) < 4.78 is 0. The van der Waals surface area contributed by atoms with Crippen molar-refractivity contribution in [1.29, 1.82) is 0 Å². The summed E-state index contributed by atoms with van der Waals surface area (Å²) in [6.07, 6.45) is 0. The van der Waals surface area contributed by atoms with E-state index in [1.165, 1.54) is 85.6 Å². The first-order valence-corrected chi connectivity index (χ1v) is 13.6. The van der Waals surface area contributed by atoms with Crippen molar-refractivity contribution in [2.24, 2.45) is 0 Å². The lowest BCUT2D eigenvalue weighted by Gasteiger charge is -2.22. The third-order valence-corrected chi connectivity index (χ3v) is 9.31. The molecular formula is C36H20S. The van der Waals surface area contributed by atoms with Crippen LogP contribution in [0.2, 0.25) is 0 Å². The standard InChI is InChI=1S/C36H20S/c1-3-9-25-21(6-1)14-16-29-30(25)20-24-7-2-4-10-26(24)35(29)27-18-19-32-36-28(27)17-15-23-13-12-22-8-5-11-31(37-32)33(22)34(23)36/h1-20H. The molecule has 0 amide bonds. The topological polar surface area (TPSA) is 0 Å². The van der Waals surface area contributed by atoms with Crippen LogP contribution in [0.5, 0.6) is 0 Å². The highest BCUT2D eigenvalue weighted by Gasteiger charge is 2.21. The van der Waals surface area contributed by atoms with Gasteiger partial charge in [0.25, 0.3) is 0 Å². The van der Waals surface area contributed by atoms with Crippen molar-refractivity contribution >= 4 is 76.4 Å². The Morgan fingerprint density at radius 3 is 1.95 bits per heavy atom. The SMILES string of the molecule is c1ccc2c(-c3ccc4c5c3ccc3ccc6cccc(c6c35)S4)c3ccc4ccccc4c3cc2c1. The van der Waals surface area contributed by atoms with E-state index < -0.39 is 0 Å². The van der Waals surface area contributed by atoms with Gasteiger partial charge >= 0.3 is 0 Å². The summed E-state index contributed by atoms with van der Waals surface area (Å²) in [5.41, 5.74) is 2.65. The van der Waals surface area contributed by atoms with Gasteiger partial charge in [0.1, 0.15) is 0 Å². The van der Waals surface area contributed by atoms with E-state index >= 15 is 0 Å². The van der Waals surface area contributed by atoms with Crippen LogP contribution in [0.1, 0.15) is 0 Å². The van der Waals surface area contributed by atoms with Crippen LogP contribution in [0.15, 0.2) is 131 Å². The van der Waals surface area contributed by atoms with Gasteiger partial charge in [-0.1, -0.05) is 115 Å². The average Bonchev–Trinajstić information content (AvgIpc) is 2.96. The first kappa shape index (κ1) is 19.8. The molecule has 0 saturated heterocycles. The van der Waals surface area contributed by atoms with Crippen LogP contribution in [-0.4, -0.2) is 0 Å². The highest BCUT2D eigenvalue weighted by atomic mass is 32.2. The summed E-state index contributed by atoms with van der Waals surface area (Å²) in [5, 5.41) is 16.0. The molecule has 0 unspecified atom stereocenters. The van der Waals surface area contributed by atoms with E-state index in [1.54, 1.807) is 0 Å². The third kappa shape index (κ3) is 2.59. The molecule has 0 spiro atoms. The molecule has 0 N–H and O–H groups in total.